The molecule has 0 spiro atoms. The Morgan fingerprint density at radius 3 is 1.79 bits per heavy atom. The van der Waals surface area contributed by atoms with Gasteiger partial charge in [0.05, 0.1) is 12.1 Å². The molecule has 1 aromatic carbocycles. The minimum Gasteiger partial charge on any atom is -0.444 e. The Morgan fingerprint density at radius 1 is 0.788 bits per heavy atom. The van der Waals surface area contributed by atoms with Crippen molar-refractivity contribution in [3.8, 4) is 16.9 Å². The van der Waals surface area contributed by atoms with Crippen LogP contribution in [0.2, 0.25) is 0 Å². The third-order valence-corrected chi connectivity index (χ3v) is 8.19. The van der Waals surface area contributed by atoms with E-state index in [0.717, 1.165) is 9.99 Å². The fourth-order valence-electron chi connectivity index (χ4n) is 5.51. The molecule has 52 heavy (non-hydrogen) atoms. The van der Waals surface area contributed by atoms with E-state index in [2.05, 4.69) is 48.6 Å². The van der Waals surface area contributed by atoms with Gasteiger partial charge in [-0.05, 0) is 107 Å². The maximum atomic E-state index is 12.5. The lowest BCUT2D eigenvalue weighted by Crippen LogP contribution is -2.40. The molecule has 4 heterocycles. The average Bonchev–Trinajstić information content (AvgIpc) is 3.63. The first kappa shape index (κ1) is 40.4. The summed E-state index contributed by atoms with van der Waals surface area (Å²) >= 11 is 2.19. The van der Waals surface area contributed by atoms with Gasteiger partial charge in [0.1, 0.15) is 28.3 Å². The molecule has 2 aromatic heterocycles. The number of hydrogen-bond acceptors (Lipinski definition) is 7. The van der Waals surface area contributed by atoms with Crippen molar-refractivity contribution >= 4 is 46.6 Å². The second kappa shape index (κ2) is 16.5. The molecule has 5 rings (SSSR count). The summed E-state index contributed by atoms with van der Waals surface area (Å²) in [6.07, 6.45) is -0.780. The van der Waals surface area contributed by atoms with Gasteiger partial charge in [-0.25, -0.2) is 9.59 Å². The number of nitrogens with one attached hydrogen (secondary N) is 4. The highest BCUT2D eigenvalue weighted by Gasteiger charge is 2.32. The fraction of sp³-hybridized carbons (Fsp3) is 0.486. The van der Waals surface area contributed by atoms with Crippen molar-refractivity contribution in [1.82, 2.24) is 30.4 Å². The molecule has 2 aliphatic rings. The summed E-state index contributed by atoms with van der Waals surface area (Å²) in [6, 6.07) is 9.08. The lowest BCUT2D eigenvalue weighted by Gasteiger charge is -2.27. The van der Waals surface area contributed by atoms with Crippen LogP contribution in [0.5, 0.6) is 5.75 Å². The zero-order valence-corrected chi connectivity index (χ0v) is 31.9. The minimum absolute atomic E-state index is 0.0470. The van der Waals surface area contributed by atoms with Crippen LogP contribution in [0.25, 0.3) is 11.1 Å². The number of aromatic nitrogens is 2. The van der Waals surface area contributed by atoms with Crippen molar-refractivity contribution in [3.63, 3.8) is 0 Å². The number of nitrogens with zero attached hydrogens (tertiary/aromatic N) is 2. The summed E-state index contributed by atoms with van der Waals surface area (Å²) in [7, 11) is 0. The normalized spacial score (nSPS) is 17.0. The minimum atomic E-state index is -4.79. The molecule has 2 aliphatic heterocycles. The van der Waals surface area contributed by atoms with E-state index in [9.17, 15) is 32.3 Å². The number of carbonyl (C=O) groups is 4. The van der Waals surface area contributed by atoms with Crippen LogP contribution in [0.15, 0.2) is 48.8 Å². The summed E-state index contributed by atoms with van der Waals surface area (Å²) in [5, 5.41) is 11.1. The monoisotopic (exact) mass is 844 g/mol. The molecule has 0 saturated heterocycles. The van der Waals surface area contributed by atoms with Crippen molar-refractivity contribution in [2.24, 2.45) is 0 Å². The topological polar surface area (TPSA) is 154 Å². The number of alkyl halides is 3. The molecule has 0 aliphatic carbocycles. The number of benzene rings is 1. The molecular weight excluding hydrogens is 800 g/mol. The number of alkyl carbamates (subject to hydrolysis) is 2. The van der Waals surface area contributed by atoms with Crippen LogP contribution >= 0.6 is 22.6 Å². The largest absolute Gasteiger partial charge is 0.573 e. The van der Waals surface area contributed by atoms with Gasteiger partial charge in [0.15, 0.2) is 0 Å². The maximum absolute atomic E-state index is 12.5. The van der Waals surface area contributed by atoms with E-state index < -0.39 is 29.8 Å². The predicted molar refractivity (Wildman–Crippen MR) is 194 cm³/mol. The quantitative estimate of drug-likeness (QED) is 0.188. The summed E-state index contributed by atoms with van der Waals surface area (Å²) < 4.78 is 56.7. The van der Waals surface area contributed by atoms with Gasteiger partial charge in [-0.15, -0.1) is 13.2 Å². The van der Waals surface area contributed by atoms with Crippen LogP contribution < -0.4 is 26.0 Å². The fourth-order valence-corrected chi connectivity index (χ4v) is 6.11. The molecule has 0 unspecified atom stereocenters. The summed E-state index contributed by atoms with van der Waals surface area (Å²) in [5.41, 5.74) is 1.05. The van der Waals surface area contributed by atoms with Gasteiger partial charge in [0.25, 0.3) is 11.8 Å². The van der Waals surface area contributed by atoms with Crippen LogP contribution in [-0.2, 0) is 9.47 Å². The lowest BCUT2D eigenvalue weighted by atomic mass is 10.1. The van der Waals surface area contributed by atoms with Crippen LogP contribution in [-0.4, -0.2) is 76.9 Å². The predicted octanol–water partition coefficient (Wildman–Crippen LogP) is 6.55. The van der Waals surface area contributed by atoms with Crippen molar-refractivity contribution in [3.05, 3.63) is 63.7 Å². The second-order valence-corrected chi connectivity index (χ2v) is 15.5. The molecule has 0 radical (unpaired) electrons. The highest BCUT2D eigenvalue weighted by Crippen LogP contribution is 2.31. The molecule has 4 amide bonds. The van der Waals surface area contributed by atoms with Gasteiger partial charge in [-0.3, -0.25) is 9.59 Å². The highest BCUT2D eigenvalue weighted by atomic mass is 127. The van der Waals surface area contributed by atoms with Gasteiger partial charge < -0.3 is 44.6 Å². The smallest absolute Gasteiger partial charge is 0.444 e. The molecule has 3 aromatic rings. The molecule has 4 N–H and O–H groups in total. The Morgan fingerprint density at radius 2 is 1.29 bits per heavy atom. The standard InChI is InChI=1S/C21H24F3N3O4.C14H20IN3O3/c1-20(2,3)31-19(29)25-8-7-15-11-26-18(28)17-10-14(12-27(15)17)13-5-4-6-16(9-13)30-21(22,23)24;1-14(2,3)21-13(20)16-5-4-10-7-17-12(19)11-6-9(15)8-18(10)11/h4-6,9-10,12,15H,7-8,11H2,1-3H3,(H,25,29)(H,26,28);6,8,10H,4-5,7H2,1-3H3,(H,16,20)(H,17,19)/t15-;10-/m00/s1. The summed E-state index contributed by atoms with van der Waals surface area (Å²) in [4.78, 5) is 47.4. The Bertz CT molecular complexity index is 1760. The molecule has 284 valence electrons. The van der Waals surface area contributed by atoms with Crippen LogP contribution in [0, 0.1) is 3.57 Å². The molecule has 0 saturated carbocycles. The van der Waals surface area contributed by atoms with Crippen molar-refractivity contribution in [1.29, 1.82) is 0 Å². The number of fused-ring (bicyclic) bond motifs is 2. The van der Waals surface area contributed by atoms with Crippen LogP contribution in [0.3, 0.4) is 0 Å². The first-order chi connectivity index (χ1) is 24.2. The molecule has 13 nitrogen and oxygen atoms in total. The molecule has 0 bridgehead atoms. The number of amides is 4. The van der Waals surface area contributed by atoms with E-state index in [-0.39, 0.29) is 29.6 Å². The summed E-state index contributed by atoms with van der Waals surface area (Å²) in [6.45, 7) is 12.6. The number of carbonyl (C=O) groups excluding carboxylic acids is 4. The Labute approximate surface area is 313 Å². The van der Waals surface area contributed by atoms with Gasteiger partial charge in [-0.1, -0.05) is 12.1 Å². The van der Waals surface area contributed by atoms with Gasteiger partial charge >= 0.3 is 18.5 Å². The molecule has 0 fully saturated rings. The zero-order chi connectivity index (χ0) is 38.4. The summed E-state index contributed by atoms with van der Waals surface area (Å²) in [5.74, 6) is -0.656. The zero-order valence-electron chi connectivity index (χ0n) is 29.8. The van der Waals surface area contributed by atoms with Gasteiger partial charge in [0, 0.05) is 47.7 Å². The van der Waals surface area contributed by atoms with Crippen molar-refractivity contribution in [2.75, 3.05) is 26.2 Å². The lowest BCUT2D eigenvalue weighted by molar-refractivity contribution is -0.274. The number of hydrogen-bond donors (Lipinski definition) is 4. The average molecular weight is 845 g/mol. The second-order valence-electron chi connectivity index (χ2n) is 14.2. The van der Waals surface area contributed by atoms with Gasteiger partial charge in [-0.2, -0.15) is 0 Å². The Balaban J connectivity index is 0.000000251. The third kappa shape index (κ3) is 12.1. The number of halogens is 4. The SMILES string of the molecule is CC(C)(C)OC(=O)NCC[C@H]1CNC(=O)c2cc(-c3cccc(OC(F)(F)F)c3)cn21.CC(C)(C)OC(=O)NCC[C@H]1CNC(=O)c2cc(I)cn21. The number of ether oxygens (including phenoxy) is 3. The first-order valence-electron chi connectivity index (χ1n) is 16.6. The van der Waals surface area contributed by atoms with Crippen molar-refractivity contribution < 1.29 is 46.6 Å². The molecular formula is C35H44F3IN6O7. The van der Waals surface area contributed by atoms with E-state index in [1.165, 1.54) is 18.2 Å². The maximum Gasteiger partial charge on any atom is 0.573 e. The van der Waals surface area contributed by atoms with E-state index in [1.807, 2.05) is 37.6 Å². The van der Waals surface area contributed by atoms with E-state index in [4.69, 9.17) is 9.47 Å². The Kier molecular flexibility index (Phi) is 12.8. The highest BCUT2D eigenvalue weighted by molar-refractivity contribution is 14.1. The number of rotatable bonds is 8. The van der Waals surface area contributed by atoms with Crippen molar-refractivity contribution in [2.45, 2.75) is 84.0 Å². The van der Waals surface area contributed by atoms with E-state index >= 15 is 0 Å². The van der Waals surface area contributed by atoms with E-state index in [1.54, 1.807) is 43.7 Å². The Hall–Kier alpha value is -4.42. The van der Waals surface area contributed by atoms with E-state index in [0.29, 0.717) is 55.1 Å². The molecule has 2 atom stereocenters. The first-order valence-corrected chi connectivity index (χ1v) is 17.7. The van der Waals surface area contributed by atoms with Crippen LogP contribution in [0.4, 0.5) is 22.8 Å². The van der Waals surface area contributed by atoms with Crippen LogP contribution in [0.1, 0.15) is 87.4 Å². The van der Waals surface area contributed by atoms with Gasteiger partial charge in [0.2, 0.25) is 0 Å². The third-order valence-electron chi connectivity index (χ3n) is 7.60. The molecule has 17 heteroatoms.